The number of nitrogens with zero attached hydrogens (tertiary/aromatic N) is 1. The predicted molar refractivity (Wildman–Crippen MR) is 102 cm³/mol. The van der Waals surface area contributed by atoms with E-state index in [4.69, 9.17) is 0 Å². The molecule has 140 valence electrons. The SMILES string of the molecule is O=C1C[C@H](NC(=O)C2(c3ccccc3F)CCCC2)CN1c1ccccc1. The normalized spacial score (nSPS) is 21.4. The van der Waals surface area contributed by atoms with Gasteiger partial charge in [-0.2, -0.15) is 0 Å². The Bertz CT molecular complexity index is 846. The number of nitrogens with one attached hydrogen (secondary N) is 1. The third-order valence-corrected chi connectivity index (χ3v) is 5.81. The van der Waals surface area contributed by atoms with Gasteiger partial charge in [0.05, 0.1) is 11.5 Å². The van der Waals surface area contributed by atoms with Crippen LogP contribution in [0.1, 0.15) is 37.7 Å². The van der Waals surface area contributed by atoms with Crippen molar-refractivity contribution in [3.05, 3.63) is 66.0 Å². The van der Waals surface area contributed by atoms with Gasteiger partial charge >= 0.3 is 0 Å². The molecule has 1 atom stereocenters. The fourth-order valence-corrected chi connectivity index (χ4v) is 4.43. The van der Waals surface area contributed by atoms with Crippen LogP contribution in [0.3, 0.4) is 0 Å². The second-order valence-electron chi connectivity index (χ2n) is 7.48. The molecule has 1 aliphatic heterocycles. The van der Waals surface area contributed by atoms with E-state index in [1.165, 1.54) is 6.07 Å². The van der Waals surface area contributed by atoms with Crippen LogP contribution in [0.2, 0.25) is 0 Å². The molecule has 1 aliphatic carbocycles. The summed E-state index contributed by atoms with van der Waals surface area (Å²) in [6, 6.07) is 15.8. The average Bonchev–Trinajstić information content (AvgIpc) is 3.30. The lowest BCUT2D eigenvalue weighted by Crippen LogP contribution is -2.48. The number of carbonyl (C=O) groups is 2. The topological polar surface area (TPSA) is 49.4 Å². The zero-order valence-electron chi connectivity index (χ0n) is 15.2. The van der Waals surface area contributed by atoms with E-state index in [1.807, 2.05) is 30.3 Å². The quantitative estimate of drug-likeness (QED) is 0.899. The molecule has 2 aliphatic rings. The fourth-order valence-electron chi connectivity index (χ4n) is 4.43. The minimum absolute atomic E-state index is 0.00198. The molecule has 1 heterocycles. The zero-order valence-corrected chi connectivity index (χ0v) is 15.2. The van der Waals surface area contributed by atoms with E-state index in [0.29, 0.717) is 24.9 Å². The van der Waals surface area contributed by atoms with Crippen molar-refractivity contribution in [3.63, 3.8) is 0 Å². The maximum Gasteiger partial charge on any atom is 0.231 e. The first-order valence-corrected chi connectivity index (χ1v) is 9.51. The van der Waals surface area contributed by atoms with Crippen LogP contribution in [0.15, 0.2) is 54.6 Å². The Morgan fingerprint density at radius 3 is 2.41 bits per heavy atom. The van der Waals surface area contributed by atoms with Crippen LogP contribution < -0.4 is 10.2 Å². The molecule has 4 nitrogen and oxygen atoms in total. The highest BCUT2D eigenvalue weighted by Crippen LogP contribution is 2.42. The van der Waals surface area contributed by atoms with Gasteiger partial charge in [0.1, 0.15) is 5.82 Å². The lowest BCUT2D eigenvalue weighted by molar-refractivity contribution is -0.127. The Morgan fingerprint density at radius 1 is 1.04 bits per heavy atom. The number of halogens is 1. The minimum atomic E-state index is -0.825. The summed E-state index contributed by atoms with van der Waals surface area (Å²) in [4.78, 5) is 27.3. The molecule has 0 unspecified atom stereocenters. The smallest absolute Gasteiger partial charge is 0.231 e. The monoisotopic (exact) mass is 366 g/mol. The van der Waals surface area contributed by atoms with Gasteiger partial charge in [0.25, 0.3) is 0 Å². The summed E-state index contributed by atoms with van der Waals surface area (Å²) in [5, 5.41) is 3.05. The third kappa shape index (κ3) is 3.22. The molecule has 2 fully saturated rings. The first-order valence-electron chi connectivity index (χ1n) is 9.51. The second kappa shape index (κ2) is 7.14. The molecule has 1 saturated heterocycles. The molecule has 2 amide bonds. The van der Waals surface area contributed by atoms with Crippen LogP contribution in [0, 0.1) is 5.82 Å². The van der Waals surface area contributed by atoms with Crippen LogP contribution in [0.25, 0.3) is 0 Å². The number of hydrogen-bond acceptors (Lipinski definition) is 2. The van der Waals surface area contributed by atoms with E-state index >= 15 is 0 Å². The molecular weight excluding hydrogens is 343 g/mol. The number of para-hydroxylation sites is 1. The summed E-state index contributed by atoms with van der Waals surface area (Å²) >= 11 is 0. The summed E-state index contributed by atoms with van der Waals surface area (Å²) in [6.07, 6.45) is 3.36. The van der Waals surface area contributed by atoms with Gasteiger partial charge in [-0.3, -0.25) is 9.59 Å². The zero-order chi connectivity index (χ0) is 18.9. The van der Waals surface area contributed by atoms with E-state index < -0.39 is 5.41 Å². The lowest BCUT2D eigenvalue weighted by Gasteiger charge is -2.30. The summed E-state index contributed by atoms with van der Waals surface area (Å²) in [7, 11) is 0. The Balaban J connectivity index is 1.53. The standard InChI is InChI=1S/C22H23FN2O2/c23-19-11-5-4-10-18(19)22(12-6-7-13-22)21(27)24-16-14-20(26)25(15-16)17-8-2-1-3-9-17/h1-5,8-11,16H,6-7,12-15H2,(H,24,27)/t16-/m0/s1. The minimum Gasteiger partial charge on any atom is -0.350 e. The number of carbonyl (C=O) groups excluding carboxylic acids is 2. The highest BCUT2D eigenvalue weighted by Gasteiger charge is 2.45. The third-order valence-electron chi connectivity index (χ3n) is 5.81. The van der Waals surface area contributed by atoms with Gasteiger partial charge in [0, 0.05) is 24.2 Å². The number of anilines is 1. The van der Waals surface area contributed by atoms with E-state index in [2.05, 4.69) is 5.32 Å². The molecule has 0 spiro atoms. The van der Waals surface area contributed by atoms with Crippen molar-refractivity contribution in [2.24, 2.45) is 0 Å². The molecule has 2 aromatic rings. The van der Waals surface area contributed by atoms with E-state index in [1.54, 1.807) is 23.1 Å². The van der Waals surface area contributed by atoms with Gasteiger partial charge in [-0.15, -0.1) is 0 Å². The van der Waals surface area contributed by atoms with Crippen LogP contribution in [-0.2, 0) is 15.0 Å². The number of rotatable bonds is 4. The number of amides is 2. The molecule has 0 radical (unpaired) electrons. The molecule has 4 rings (SSSR count). The first-order chi connectivity index (χ1) is 13.1. The first kappa shape index (κ1) is 17.7. The second-order valence-corrected chi connectivity index (χ2v) is 7.48. The maximum absolute atomic E-state index is 14.5. The average molecular weight is 366 g/mol. The molecule has 2 aromatic carbocycles. The molecule has 5 heteroatoms. The van der Waals surface area contributed by atoms with Crippen molar-refractivity contribution in [1.82, 2.24) is 5.32 Å². The van der Waals surface area contributed by atoms with E-state index in [9.17, 15) is 14.0 Å². The Morgan fingerprint density at radius 2 is 1.70 bits per heavy atom. The lowest BCUT2D eigenvalue weighted by atomic mass is 9.77. The Labute approximate surface area is 158 Å². The maximum atomic E-state index is 14.5. The molecule has 1 N–H and O–H groups in total. The highest BCUT2D eigenvalue weighted by atomic mass is 19.1. The van der Waals surface area contributed by atoms with Crippen molar-refractivity contribution >= 4 is 17.5 Å². The van der Waals surface area contributed by atoms with Crippen LogP contribution in [-0.4, -0.2) is 24.4 Å². The fraction of sp³-hybridized carbons (Fsp3) is 0.364. The van der Waals surface area contributed by atoms with Gasteiger partial charge in [0.2, 0.25) is 11.8 Å². The summed E-state index contributed by atoms with van der Waals surface area (Å²) in [5.41, 5.74) is 0.488. The van der Waals surface area contributed by atoms with Crippen LogP contribution in [0.5, 0.6) is 0 Å². The van der Waals surface area contributed by atoms with Crippen molar-refractivity contribution < 1.29 is 14.0 Å². The van der Waals surface area contributed by atoms with Crippen molar-refractivity contribution in [2.75, 3.05) is 11.4 Å². The number of benzene rings is 2. The van der Waals surface area contributed by atoms with Gasteiger partial charge < -0.3 is 10.2 Å². The van der Waals surface area contributed by atoms with Gasteiger partial charge in [0.15, 0.2) is 0 Å². The van der Waals surface area contributed by atoms with Crippen molar-refractivity contribution in [2.45, 2.75) is 43.6 Å². The van der Waals surface area contributed by atoms with Gasteiger partial charge in [-0.25, -0.2) is 4.39 Å². The van der Waals surface area contributed by atoms with Gasteiger partial charge in [-0.05, 0) is 31.0 Å². The summed E-state index contributed by atoms with van der Waals surface area (Å²) in [6.45, 7) is 0.446. The summed E-state index contributed by atoms with van der Waals surface area (Å²) in [5.74, 6) is -0.487. The molecule has 0 bridgehead atoms. The van der Waals surface area contributed by atoms with Gasteiger partial charge in [-0.1, -0.05) is 49.2 Å². The largest absolute Gasteiger partial charge is 0.350 e. The highest BCUT2D eigenvalue weighted by molar-refractivity contribution is 5.97. The van der Waals surface area contributed by atoms with Crippen LogP contribution in [0.4, 0.5) is 10.1 Å². The summed E-state index contributed by atoms with van der Waals surface area (Å²) < 4.78 is 14.5. The van der Waals surface area contributed by atoms with Crippen LogP contribution >= 0.6 is 0 Å². The molecule has 0 aromatic heterocycles. The number of hydrogen-bond donors (Lipinski definition) is 1. The van der Waals surface area contributed by atoms with E-state index in [0.717, 1.165) is 18.5 Å². The molecular formula is C22H23FN2O2. The van der Waals surface area contributed by atoms with Crippen molar-refractivity contribution in [3.8, 4) is 0 Å². The molecule has 27 heavy (non-hydrogen) atoms. The van der Waals surface area contributed by atoms with Crippen molar-refractivity contribution in [1.29, 1.82) is 0 Å². The predicted octanol–water partition coefficient (Wildman–Crippen LogP) is 3.56. The Hall–Kier alpha value is -2.69. The molecule has 1 saturated carbocycles. The van der Waals surface area contributed by atoms with E-state index in [-0.39, 0.29) is 30.1 Å². The Kier molecular flexibility index (Phi) is 4.68.